The van der Waals surface area contributed by atoms with E-state index in [2.05, 4.69) is 6.07 Å². The van der Waals surface area contributed by atoms with Crippen molar-refractivity contribution in [3.05, 3.63) is 71.3 Å². The van der Waals surface area contributed by atoms with Crippen molar-refractivity contribution in [2.45, 2.75) is 31.6 Å². The number of carbonyl (C=O) groups excluding carboxylic acids is 1. The highest BCUT2D eigenvalue weighted by atomic mass is 16.1. The second kappa shape index (κ2) is 5.40. The molecule has 1 nitrogen and oxygen atoms in total. The summed E-state index contributed by atoms with van der Waals surface area (Å²) >= 11 is 0. The minimum atomic E-state index is 0.244. The third-order valence-corrected chi connectivity index (χ3v) is 4.01. The van der Waals surface area contributed by atoms with E-state index in [1.807, 2.05) is 48.5 Å². The Labute approximate surface area is 114 Å². The van der Waals surface area contributed by atoms with Gasteiger partial charge in [-0.05, 0) is 29.9 Å². The molecule has 2 aromatic carbocycles. The maximum atomic E-state index is 12.5. The van der Waals surface area contributed by atoms with Gasteiger partial charge in [0.25, 0.3) is 0 Å². The maximum absolute atomic E-state index is 12.5. The van der Waals surface area contributed by atoms with Gasteiger partial charge in [-0.3, -0.25) is 4.79 Å². The summed E-state index contributed by atoms with van der Waals surface area (Å²) in [5, 5.41) is 0. The van der Waals surface area contributed by atoms with Crippen molar-refractivity contribution >= 4 is 5.78 Å². The normalized spacial score (nSPS) is 14.9. The molecule has 1 heteroatoms. The lowest BCUT2D eigenvalue weighted by Crippen LogP contribution is -2.14. The maximum Gasteiger partial charge on any atom is 0.167 e. The van der Waals surface area contributed by atoms with Crippen LogP contribution in [0.25, 0.3) is 0 Å². The molecule has 2 aromatic rings. The summed E-state index contributed by atoms with van der Waals surface area (Å²) in [5.41, 5.74) is 3.28. The second-order valence-electron chi connectivity index (χ2n) is 5.30. The molecule has 1 fully saturated rings. The van der Waals surface area contributed by atoms with Crippen LogP contribution in [-0.4, -0.2) is 5.78 Å². The van der Waals surface area contributed by atoms with Crippen molar-refractivity contribution in [2.75, 3.05) is 0 Å². The van der Waals surface area contributed by atoms with E-state index in [4.69, 9.17) is 0 Å². The number of hydrogen-bond acceptors (Lipinski definition) is 1. The molecule has 0 heterocycles. The molecule has 0 radical (unpaired) electrons. The molecule has 1 aliphatic rings. The van der Waals surface area contributed by atoms with Crippen molar-refractivity contribution in [3.8, 4) is 0 Å². The molecule has 0 aromatic heterocycles. The van der Waals surface area contributed by atoms with E-state index < -0.39 is 0 Å². The molecule has 0 bridgehead atoms. The number of Topliss-reactive ketones (excluding diaryl/α,β-unsaturated/α-hetero) is 1. The van der Waals surface area contributed by atoms with E-state index in [0.29, 0.717) is 12.3 Å². The van der Waals surface area contributed by atoms with Gasteiger partial charge in [0.2, 0.25) is 0 Å². The van der Waals surface area contributed by atoms with Crippen LogP contribution in [-0.2, 0) is 6.42 Å². The van der Waals surface area contributed by atoms with Crippen LogP contribution in [0.2, 0.25) is 0 Å². The molecule has 96 valence electrons. The Balaban J connectivity index is 1.83. The molecular weight excluding hydrogens is 232 g/mol. The van der Waals surface area contributed by atoms with Crippen molar-refractivity contribution < 1.29 is 4.79 Å². The Morgan fingerprint density at radius 1 is 0.947 bits per heavy atom. The van der Waals surface area contributed by atoms with Gasteiger partial charge in [0.15, 0.2) is 5.78 Å². The molecule has 0 saturated heterocycles. The quantitative estimate of drug-likeness (QED) is 0.736. The van der Waals surface area contributed by atoms with Gasteiger partial charge >= 0.3 is 0 Å². The summed E-state index contributed by atoms with van der Waals surface area (Å²) in [6.45, 7) is 0. The first-order valence-electron chi connectivity index (χ1n) is 7.00. The van der Waals surface area contributed by atoms with E-state index in [0.717, 1.165) is 11.1 Å². The summed E-state index contributed by atoms with van der Waals surface area (Å²) in [4.78, 5) is 12.5. The highest BCUT2D eigenvalue weighted by Gasteiger charge is 2.23. The summed E-state index contributed by atoms with van der Waals surface area (Å²) in [6, 6.07) is 18.1. The zero-order valence-corrected chi connectivity index (χ0v) is 11.0. The number of ketones is 1. The molecule has 3 rings (SSSR count). The van der Waals surface area contributed by atoms with Crippen molar-refractivity contribution in [2.24, 2.45) is 0 Å². The Kier molecular flexibility index (Phi) is 3.45. The molecule has 0 spiro atoms. The van der Waals surface area contributed by atoms with E-state index in [-0.39, 0.29) is 5.78 Å². The summed E-state index contributed by atoms with van der Waals surface area (Å²) in [5.74, 6) is 0.852. The fraction of sp³-hybridized carbons (Fsp3) is 0.278. The summed E-state index contributed by atoms with van der Waals surface area (Å²) in [7, 11) is 0. The fourth-order valence-corrected chi connectivity index (χ4v) is 2.70. The van der Waals surface area contributed by atoms with Gasteiger partial charge in [-0.25, -0.2) is 0 Å². The summed E-state index contributed by atoms with van der Waals surface area (Å²) < 4.78 is 0. The lowest BCUT2D eigenvalue weighted by atomic mass is 9.77. The van der Waals surface area contributed by atoms with Crippen molar-refractivity contribution in [1.82, 2.24) is 0 Å². The first-order chi connectivity index (χ1) is 9.34. The van der Waals surface area contributed by atoms with E-state index in [1.54, 1.807) is 0 Å². The monoisotopic (exact) mass is 250 g/mol. The minimum absolute atomic E-state index is 0.244. The molecule has 0 atom stereocenters. The van der Waals surface area contributed by atoms with Crippen LogP contribution in [0.5, 0.6) is 0 Å². The van der Waals surface area contributed by atoms with Crippen LogP contribution in [0.4, 0.5) is 0 Å². The van der Waals surface area contributed by atoms with Crippen molar-refractivity contribution in [1.29, 1.82) is 0 Å². The third-order valence-electron chi connectivity index (χ3n) is 4.01. The van der Waals surface area contributed by atoms with Crippen LogP contribution in [0, 0.1) is 0 Å². The molecule has 1 saturated carbocycles. The Morgan fingerprint density at radius 2 is 1.63 bits per heavy atom. The second-order valence-corrected chi connectivity index (χ2v) is 5.30. The average Bonchev–Trinajstić information content (AvgIpc) is 2.38. The zero-order valence-electron chi connectivity index (χ0n) is 11.0. The van der Waals surface area contributed by atoms with Gasteiger partial charge in [-0.15, -0.1) is 0 Å². The Morgan fingerprint density at radius 3 is 2.32 bits per heavy atom. The lowest BCUT2D eigenvalue weighted by Gasteiger charge is -2.27. The van der Waals surface area contributed by atoms with Gasteiger partial charge in [-0.1, -0.05) is 61.0 Å². The van der Waals surface area contributed by atoms with Gasteiger partial charge in [0, 0.05) is 12.0 Å². The Hall–Kier alpha value is -1.89. The first-order valence-corrected chi connectivity index (χ1v) is 7.00. The number of hydrogen-bond donors (Lipinski definition) is 0. The molecule has 0 unspecified atom stereocenters. The van der Waals surface area contributed by atoms with Crippen LogP contribution < -0.4 is 0 Å². The van der Waals surface area contributed by atoms with Gasteiger partial charge in [0.05, 0.1) is 0 Å². The zero-order chi connectivity index (χ0) is 13.1. The third kappa shape index (κ3) is 2.60. The van der Waals surface area contributed by atoms with Crippen LogP contribution in [0.15, 0.2) is 54.6 Å². The van der Waals surface area contributed by atoms with Gasteiger partial charge in [-0.2, -0.15) is 0 Å². The first kappa shape index (κ1) is 12.2. The van der Waals surface area contributed by atoms with Gasteiger partial charge < -0.3 is 0 Å². The van der Waals surface area contributed by atoms with Crippen LogP contribution in [0.3, 0.4) is 0 Å². The largest absolute Gasteiger partial charge is 0.294 e. The number of rotatable bonds is 4. The molecular formula is C18H18O. The number of benzene rings is 2. The minimum Gasteiger partial charge on any atom is -0.294 e. The number of carbonyl (C=O) groups is 1. The SMILES string of the molecule is O=C(Cc1ccccc1)c1ccccc1C1CCC1. The molecule has 0 aliphatic heterocycles. The highest BCUT2D eigenvalue weighted by molar-refractivity contribution is 5.99. The van der Waals surface area contributed by atoms with E-state index >= 15 is 0 Å². The molecule has 19 heavy (non-hydrogen) atoms. The van der Waals surface area contributed by atoms with Crippen LogP contribution >= 0.6 is 0 Å². The smallest absolute Gasteiger partial charge is 0.167 e. The predicted molar refractivity (Wildman–Crippen MR) is 77.5 cm³/mol. The standard InChI is InChI=1S/C18H18O/c19-18(13-14-7-2-1-3-8-14)17-12-5-4-11-16(17)15-9-6-10-15/h1-5,7-8,11-12,15H,6,9-10,13H2. The predicted octanol–water partition coefficient (Wildman–Crippen LogP) is 4.38. The molecule has 0 N–H and O–H groups in total. The van der Waals surface area contributed by atoms with Gasteiger partial charge in [0.1, 0.15) is 0 Å². The van der Waals surface area contributed by atoms with Crippen molar-refractivity contribution in [3.63, 3.8) is 0 Å². The highest BCUT2D eigenvalue weighted by Crippen LogP contribution is 2.38. The van der Waals surface area contributed by atoms with E-state index in [1.165, 1.54) is 24.8 Å². The fourth-order valence-electron chi connectivity index (χ4n) is 2.70. The average molecular weight is 250 g/mol. The molecule has 0 amide bonds. The molecule has 1 aliphatic carbocycles. The Bertz CT molecular complexity index is 567. The van der Waals surface area contributed by atoms with Crippen LogP contribution in [0.1, 0.15) is 46.7 Å². The summed E-state index contributed by atoms with van der Waals surface area (Å²) in [6.07, 6.45) is 4.27. The topological polar surface area (TPSA) is 17.1 Å². The lowest BCUT2D eigenvalue weighted by molar-refractivity contribution is 0.0991. The van der Waals surface area contributed by atoms with E-state index in [9.17, 15) is 4.79 Å².